The highest BCUT2D eigenvalue weighted by Gasteiger charge is 2.27. The van der Waals surface area contributed by atoms with Crippen LogP contribution in [0, 0.1) is 0 Å². The van der Waals surface area contributed by atoms with Crippen molar-refractivity contribution in [3.05, 3.63) is 36.7 Å². The van der Waals surface area contributed by atoms with Gasteiger partial charge in [0.25, 0.3) is 0 Å². The highest BCUT2D eigenvalue weighted by molar-refractivity contribution is 5.76. The number of benzene rings is 1. The summed E-state index contributed by atoms with van der Waals surface area (Å²) in [7, 11) is 1.62. The average molecular weight is 384 g/mol. The molecule has 150 valence electrons. The van der Waals surface area contributed by atoms with Crippen LogP contribution in [0.3, 0.4) is 0 Å². The standard InChI is InChI=1S/C21H28N4O3/c1-4-5-9-21(26)25-11-10-24(14-16(25)2)19-13-20(23-15-22-19)28-18-8-6-7-17(12-18)27-3/h6-8,12-13,15-16H,4-5,9-11,14H2,1-3H3/t16-/m1/s1. The normalized spacial score (nSPS) is 16.8. The molecule has 7 nitrogen and oxygen atoms in total. The molecule has 1 aromatic carbocycles. The smallest absolute Gasteiger partial charge is 0.224 e. The molecule has 28 heavy (non-hydrogen) atoms. The number of rotatable bonds is 7. The molecule has 3 rings (SSSR count). The maximum Gasteiger partial charge on any atom is 0.224 e. The summed E-state index contributed by atoms with van der Waals surface area (Å²) in [6.07, 6.45) is 4.13. The van der Waals surface area contributed by atoms with Crippen molar-refractivity contribution in [3.63, 3.8) is 0 Å². The molecular weight excluding hydrogens is 356 g/mol. The molecular formula is C21H28N4O3. The van der Waals surface area contributed by atoms with Gasteiger partial charge in [0.2, 0.25) is 11.8 Å². The quantitative estimate of drug-likeness (QED) is 0.728. The van der Waals surface area contributed by atoms with E-state index in [9.17, 15) is 4.79 Å². The van der Waals surface area contributed by atoms with E-state index < -0.39 is 0 Å². The summed E-state index contributed by atoms with van der Waals surface area (Å²) >= 11 is 0. The summed E-state index contributed by atoms with van der Waals surface area (Å²) < 4.78 is 11.1. The van der Waals surface area contributed by atoms with Crippen molar-refractivity contribution in [1.82, 2.24) is 14.9 Å². The fourth-order valence-electron chi connectivity index (χ4n) is 3.35. The third-order valence-corrected chi connectivity index (χ3v) is 4.91. The molecule has 0 saturated carbocycles. The number of carbonyl (C=O) groups excluding carboxylic acids is 1. The van der Waals surface area contributed by atoms with E-state index in [1.807, 2.05) is 35.2 Å². The summed E-state index contributed by atoms with van der Waals surface area (Å²) in [5, 5.41) is 0. The lowest BCUT2D eigenvalue weighted by molar-refractivity contribution is -0.133. The van der Waals surface area contributed by atoms with Gasteiger partial charge in [0.05, 0.1) is 7.11 Å². The van der Waals surface area contributed by atoms with Gasteiger partial charge in [0.15, 0.2) is 0 Å². The lowest BCUT2D eigenvalue weighted by Gasteiger charge is -2.40. The van der Waals surface area contributed by atoms with Crippen molar-refractivity contribution in [2.45, 2.75) is 39.2 Å². The molecule has 1 atom stereocenters. The van der Waals surface area contributed by atoms with Crippen LogP contribution < -0.4 is 14.4 Å². The molecule has 1 aromatic heterocycles. The number of carbonyl (C=O) groups is 1. The molecule has 1 fully saturated rings. The van der Waals surface area contributed by atoms with Crippen molar-refractivity contribution in [1.29, 1.82) is 0 Å². The van der Waals surface area contributed by atoms with Crippen LogP contribution in [0.1, 0.15) is 33.1 Å². The molecule has 7 heteroatoms. The maximum absolute atomic E-state index is 12.4. The van der Waals surface area contributed by atoms with E-state index >= 15 is 0 Å². The van der Waals surface area contributed by atoms with E-state index in [0.717, 1.165) is 37.5 Å². The van der Waals surface area contributed by atoms with E-state index in [2.05, 4.69) is 28.7 Å². The Hall–Kier alpha value is -2.83. The highest BCUT2D eigenvalue weighted by atomic mass is 16.5. The van der Waals surface area contributed by atoms with Gasteiger partial charge in [-0.1, -0.05) is 19.4 Å². The van der Waals surface area contributed by atoms with Crippen LogP contribution >= 0.6 is 0 Å². The number of aromatic nitrogens is 2. The van der Waals surface area contributed by atoms with E-state index in [1.54, 1.807) is 7.11 Å². The number of ether oxygens (including phenoxy) is 2. The van der Waals surface area contributed by atoms with E-state index in [0.29, 0.717) is 24.6 Å². The Kier molecular flexibility index (Phi) is 6.68. The van der Waals surface area contributed by atoms with Crippen molar-refractivity contribution >= 4 is 11.7 Å². The van der Waals surface area contributed by atoms with Gasteiger partial charge in [-0.15, -0.1) is 0 Å². The zero-order valence-electron chi connectivity index (χ0n) is 16.8. The minimum Gasteiger partial charge on any atom is -0.497 e. The predicted octanol–water partition coefficient (Wildman–Crippen LogP) is 3.50. The number of nitrogens with zero attached hydrogens (tertiary/aromatic N) is 4. The van der Waals surface area contributed by atoms with Crippen molar-refractivity contribution in [2.75, 3.05) is 31.6 Å². The van der Waals surface area contributed by atoms with Gasteiger partial charge < -0.3 is 19.3 Å². The number of hydrogen-bond donors (Lipinski definition) is 0. The molecule has 1 saturated heterocycles. The minimum absolute atomic E-state index is 0.149. The fraction of sp³-hybridized carbons (Fsp3) is 0.476. The summed E-state index contributed by atoms with van der Waals surface area (Å²) in [5.74, 6) is 2.92. The van der Waals surface area contributed by atoms with Gasteiger partial charge in [0, 0.05) is 44.2 Å². The molecule has 1 aliphatic heterocycles. The average Bonchev–Trinajstić information content (AvgIpc) is 2.72. The molecule has 0 radical (unpaired) electrons. The van der Waals surface area contributed by atoms with Crippen LogP contribution in [-0.2, 0) is 4.79 Å². The summed E-state index contributed by atoms with van der Waals surface area (Å²) in [4.78, 5) is 25.1. The summed E-state index contributed by atoms with van der Waals surface area (Å²) in [6, 6.07) is 9.38. The first-order chi connectivity index (χ1) is 13.6. The van der Waals surface area contributed by atoms with Crippen LogP contribution in [-0.4, -0.2) is 53.6 Å². The first-order valence-corrected chi connectivity index (χ1v) is 9.79. The topological polar surface area (TPSA) is 67.8 Å². The Balaban J connectivity index is 1.65. The molecule has 0 unspecified atom stereocenters. The second-order valence-electron chi connectivity index (χ2n) is 6.98. The lowest BCUT2D eigenvalue weighted by atomic mass is 10.1. The Morgan fingerprint density at radius 3 is 2.79 bits per heavy atom. The van der Waals surface area contributed by atoms with Crippen LogP contribution in [0.25, 0.3) is 0 Å². The maximum atomic E-state index is 12.4. The van der Waals surface area contributed by atoms with Gasteiger partial charge in [-0.05, 0) is 25.5 Å². The second kappa shape index (κ2) is 9.39. The van der Waals surface area contributed by atoms with Gasteiger partial charge in [-0.2, -0.15) is 0 Å². The number of piperazine rings is 1. The molecule has 0 N–H and O–H groups in total. The lowest BCUT2D eigenvalue weighted by Crippen LogP contribution is -2.54. The monoisotopic (exact) mass is 384 g/mol. The largest absolute Gasteiger partial charge is 0.497 e. The SMILES string of the molecule is CCCCC(=O)N1CCN(c2cc(Oc3cccc(OC)c3)ncn2)C[C@H]1C. The first-order valence-electron chi connectivity index (χ1n) is 9.79. The van der Waals surface area contributed by atoms with E-state index in [-0.39, 0.29) is 11.9 Å². The van der Waals surface area contributed by atoms with Crippen LogP contribution in [0.15, 0.2) is 36.7 Å². The Morgan fingerprint density at radius 1 is 1.21 bits per heavy atom. The molecule has 1 aliphatic rings. The summed E-state index contributed by atoms with van der Waals surface area (Å²) in [6.45, 7) is 6.39. The van der Waals surface area contributed by atoms with Crippen LogP contribution in [0.2, 0.25) is 0 Å². The highest BCUT2D eigenvalue weighted by Crippen LogP contribution is 2.26. The molecule has 0 spiro atoms. The number of methoxy groups -OCH3 is 1. The van der Waals surface area contributed by atoms with Gasteiger partial charge >= 0.3 is 0 Å². The minimum atomic E-state index is 0.149. The number of hydrogen-bond acceptors (Lipinski definition) is 6. The fourth-order valence-corrected chi connectivity index (χ4v) is 3.35. The molecule has 0 aliphatic carbocycles. The molecule has 2 heterocycles. The Bertz CT molecular complexity index is 799. The van der Waals surface area contributed by atoms with Gasteiger partial charge in [-0.25, -0.2) is 9.97 Å². The first kappa shape index (κ1) is 19.9. The number of anilines is 1. The zero-order valence-corrected chi connectivity index (χ0v) is 16.8. The Labute approximate surface area is 166 Å². The Morgan fingerprint density at radius 2 is 2.04 bits per heavy atom. The van der Waals surface area contributed by atoms with Crippen molar-refractivity contribution < 1.29 is 14.3 Å². The third kappa shape index (κ3) is 4.91. The number of unbranched alkanes of at least 4 members (excludes halogenated alkanes) is 1. The van der Waals surface area contributed by atoms with Gasteiger partial charge in [-0.3, -0.25) is 4.79 Å². The summed E-state index contributed by atoms with van der Waals surface area (Å²) in [5.41, 5.74) is 0. The number of amides is 1. The molecule has 0 bridgehead atoms. The van der Waals surface area contributed by atoms with Crippen LogP contribution in [0.4, 0.5) is 5.82 Å². The van der Waals surface area contributed by atoms with Crippen molar-refractivity contribution in [2.24, 2.45) is 0 Å². The third-order valence-electron chi connectivity index (χ3n) is 4.91. The van der Waals surface area contributed by atoms with Crippen LogP contribution in [0.5, 0.6) is 17.4 Å². The second-order valence-corrected chi connectivity index (χ2v) is 6.98. The zero-order chi connectivity index (χ0) is 19.9. The van der Waals surface area contributed by atoms with E-state index in [4.69, 9.17) is 9.47 Å². The van der Waals surface area contributed by atoms with Crippen molar-refractivity contribution in [3.8, 4) is 17.4 Å². The van der Waals surface area contributed by atoms with Gasteiger partial charge in [0.1, 0.15) is 23.6 Å². The molecule has 2 aromatic rings. The van der Waals surface area contributed by atoms with E-state index in [1.165, 1.54) is 6.33 Å². The predicted molar refractivity (Wildman–Crippen MR) is 108 cm³/mol. The molecule has 1 amide bonds.